The highest BCUT2D eigenvalue weighted by molar-refractivity contribution is 14.1. The second kappa shape index (κ2) is 12.2. The lowest BCUT2D eigenvalue weighted by Crippen LogP contribution is -2.38. The van der Waals surface area contributed by atoms with E-state index in [1.54, 1.807) is 25.3 Å². The predicted octanol–water partition coefficient (Wildman–Crippen LogP) is 7.25. The average molecular weight is 826 g/mol. The lowest BCUT2D eigenvalue weighted by Gasteiger charge is -2.30. The third-order valence-corrected chi connectivity index (χ3v) is 10.4. The van der Waals surface area contributed by atoms with Gasteiger partial charge >= 0.3 is 0 Å². The summed E-state index contributed by atoms with van der Waals surface area (Å²) in [5.41, 5.74) is 6.64. The monoisotopic (exact) mass is 826 g/mol. The summed E-state index contributed by atoms with van der Waals surface area (Å²) >= 11 is 5.88. The van der Waals surface area contributed by atoms with Crippen molar-refractivity contribution in [2.24, 2.45) is 4.99 Å². The standard InChI is InChI=1S/C35H25FI2N2O3S/c1-42-25-13-10-21(11-14-25)32-27-15-12-20-6-2-4-8-26(20)31(27)39-35-40(32)34(41)30(44-35)17-23-16-24(37)18-29(38)33(23)43-19-22-7-3-5-9-28(22)36/h2-11,13-14,16-18,32H,12,15,19H2,1H3/b30-17+/t32-/m1/s1. The number of thiazole rings is 1. The highest BCUT2D eigenvalue weighted by Crippen LogP contribution is 2.41. The summed E-state index contributed by atoms with van der Waals surface area (Å²) in [4.78, 5) is 20.1. The van der Waals surface area contributed by atoms with Gasteiger partial charge in [0.2, 0.25) is 0 Å². The van der Waals surface area contributed by atoms with Gasteiger partial charge in [0.25, 0.3) is 5.56 Å². The van der Waals surface area contributed by atoms with Gasteiger partial charge in [-0.15, -0.1) is 0 Å². The van der Waals surface area contributed by atoms with Crippen molar-refractivity contribution in [1.29, 1.82) is 0 Å². The maximum absolute atomic E-state index is 14.4. The zero-order valence-electron chi connectivity index (χ0n) is 23.5. The molecule has 0 fully saturated rings. The van der Waals surface area contributed by atoms with Gasteiger partial charge < -0.3 is 9.47 Å². The van der Waals surface area contributed by atoms with Gasteiger partial charge in [-0.1, -0.05) is 65.9 Å². The molecule has 1 aliphatic heterocycles. The lowest BCUT2D eigenvalue weighted by atomic mass is 9.83. The van der Waals surface area contributed by atoms with E-state index in [-0.39, 0.29) is 24.0 Å². The molecule has 0 radical (unpaired) electrons. The van der Waals surface area contributed by atoms with Crippen LogP contribution in [0.25, 0.3) is 11.8 Å². The van der Waals surface area contributed by atoms with Gasteiger partial charge in [-0.3, -0.25) is 9.36 Å². The number of nitrogens with zero attached hydrogens (tertiary/aromatic N) is 2. The van der Waals surface area contributed by atoms with E-state index in [9.17, 15) is 9.18 Å². The molecule has 0 spiro atoms. The van der Waals surface area contributed by atoms with Crippen molar-refractivity contribution in [2.75, 3.05) is 7.11 Å². The summed E-state index contributed by atoms with van der Waals surface area (Å²) in [6.07, 6.45) is 3.59. The number of hydrogen-bond acceptors (Lipinski definition) is 5. The van der Waals surface area contributed by atoms with Gasteiger partial charge in [0.05, 0.1) is 27.0 Å². The molecule has 2 aliphatic rings. The molecule has 5 nitrogen and oxygen atoms in total. The van der Waals surface area contributed by atoms with E-state index in [1.807, 2.05) is 53.1 Å². The molecule has 5 aromatic rings. The number of aromatic nitrogens is 1. The minimum absolute atomic E-state index is 0.0783. The number of ether oxygens (including phenoxy) is 2. The van der Waals surface area contributed by atoms with Gasteiger partial charge in [-0.05, 0) is 111 Å². The van der Waals surface area contributed by atoms with Crippen molar-refractivity contribution in [1.82, 2.24) is 4.57 Å². The first kappa shape index (κ1) is 29.4. The van der Waals surface area contributed by atoms with Crippen LogP contribution in [0, 0.1) is 13.0 Å². The van der Waals surface area contributed by atoms with Crippen molar-refractivity contribution >= 4 is 68.3 Å². The molecule has 2 heterocycles. The Bertz CT molecular complexity index is 2140. The summed E-state index contributed by atoms with van der Waals surface area (Å²) in [7, 11) is 1.65. The zero-order chi connectivity index (χ0) is 30.4. The molecule has 0 N–H and O–H groups in total. The van der Waals surface area contributed by atoms with Gasteiger partial charge in [-0.25, -0.2) is 9.38 Å². The Labute approximate surface area is 284 Å². The van der Waals surface area contributed by atoms with Crippen molar-refractivity contribution in [3.8, 4) is 11.5 Å². The van der Waals surface area contributed by atoms with Crippen molar-refractivity contribution in [2.45, 2.75) is 25.5 Å². The summed E-state index contributed by atoms with van der Waals surface area (Å²) in [6, 6.07) is 26.7. The number of benzene rings is 4. The molecule has 1 aromatic heterocycles. The van der Waals surface area contributed by atoms with Crippen LogP contribution in [0.2, 0.25) is 0 Å². The minimum atomic E-state index is -0.313. The van der Waals surface area contributed by atoms with Crippen LogP contribution in [0.1, 0.15) is 40.3 Å². The van der Waals surface area contributed by atoms with Gasteiger partial charge in [0.1, 0.15) is 23.9 Å². The Hall–Kier alpha value is -3.29. The van der Waals surface area contributed by atoms with E-state index in [2.05, 4.69) is 63.4 Å². The molecule has 0 saturated heterocycles. The Morgan fingerprint density at radius 2 is 1.80 bits per heavy atom. The van der Waals surface area contributed by atoms with E-state index >= 15 is 0 Å². The van der Waals surface area contributed by atoms with Crippen LogP contribution in [0.3, 0.4) is 0 Å². The van der Waals surface area contributed by atoms with Crippen LogP contribution in [0.4, 0.5) is 4.39 Å². The number of halogens is 3. The smallest absolute Gasteiger partial charge is 0.271 e. The first-order valence-electron chi connectivity index (χ1n) is 14.0. The quantitative estimate of drug-likeness (QED) is 0.170. The fourth-order valence-corrected chi connectivity index (χ4v) is 8.89. The van der Waals surface area contributed by atoms with E-state index in [1.165, 1.54) is 23.0 Å². The van der Waals surface area contributed by atoms with Gasteiger partial charge in [-0.2, -0.15) is 0 Å². The summed E-state index contributed by atoms with van der Waals surface area (Å²) in [5, 5.41) is 0. The molecule has 9 heteroatoms. The lowest BCUT2D eigenvalue weighted by molar-refractivity contribution is 0.297. The van der Waals surface area contributed by atoms with Crippen LogP contribution >= 0.6 is 56.5 Å². The van der Waals surface area contributed by atoms with Crippen LogP contribution in [0.5, 0.6) is 11.5 Å². The first-order valence-corrected chi connectivity index (χ1v) is 17.0. The zero-order valence-corrected chi connectivity index (χ0v) is 28.7. The molecule has 0 amide bonds. The van der Waals surface area contributed by atoms with Crippen LogP contribution < -0.4 is 24.4 Å². The van der Waals surface area contributed by atoms with Gasteiger partial charge in [0, 0.05) is 20.3 Å². The number of rotatable bonds is 6. The number of aryl methyl sites for hydroxylation is 1. The molecule has 1 atom stereocenters. The number of methoxy groups -OCH3 is 1. The SMILES string of the molecule is COc1ccc([C@@H]2C3=C(N=c4s/c(=C/c5cc(I)cc(I)c5OCc5ccccc5F)c(=O)n42)c2ccccc2CC3)cc1. The Kier molecular flexibility index (Phi) is 8.19. The fourth-order valence-electron chi connectivity index (χ4n) is 5.85. The molecular formula is C35H25FI2N2O3S. The predicted molar refractivity (Wildman–Crippen MR) is 188 cm³/mol. The maximum atomic E-state index is 14.4. The molecule has 4 aromatic carbocycles. The number of hydrogen-bond donors (Lipinski definition) is 0. The summed E-state index contributed by atoms with van der Waals surface area (Å²) in [5.74, 6) is 1.06. The molecule has 0 unspecified atom stereocenters. The van der Waals surface area contributed by atoms with E-state index in [4.69, 9.17) is 14.5 Å². The maximum Gasteiger partial charge on any atom is 0.271 e. The summed E-state index contributed by atoms with van der Waals surface area (Å²) in [6.45, 7) is 0.0783. The molecule has 7 rings (SSSR count). The van der Waals surface area contributed by atoms with Crippen molar-refractivity contribution in [3.05, 3.63) is 151 Å². The highest BCUT2D eigenvalue weighted by atomic mass is 127. The number of allylic oxidation sites excluding steroid dienone is 1. The third kappa shape index (κ3) is 5.43. The largest absolute Gasteiger partial charge is 0.497 e. The van der Waals surface area contributed by atoms with Gasteiger partial charge in [0.15, 0.2) is 4.80 Å². The molecule has 0 saturated carbocycles. The number of fused-ring (bicyclic) bond motifs is 3. The van der Waals surface area contributed by atoms with Crippen LogP contribution in [-0.4, -0.2) is 11.7 Å². The molecular weight excluding hydrogens is 801 g/mol. The Morgan fingerprint density at radius 3 is 2.59 bits per heavy atom. The van der Waals surface area contributed by atoms with Crippen molar-refractivity contribution in [3.63, 3.8) is 0 Å². The second-order valence-electron chi connectivity index (χ2n) is 10.6. The highest BCUT2D eigenvalue weighted by Gasteiger charge is 2.32. The first-order chi connectivity index (χ1) is 21.4. The topological polar surface area (TPSA) is 52.8 Å². The van der Waals surface area contributed by atoms with E-state index in [0.717, 1.165) is 53.7 Å². The molecule has 0 bridgehead atoms. The normalized spacial score (nSPS) is 15.7. The average Bonchev–Trinajstić information content (AvgIpc) is 3.34. The van der Waals surface area contributed by atoms with E-state index < -0.39 is 0 Å². The molecule has 44 heavy (non-hydrogen) atoms. The van der Waals surface area contributed by atoms with Crippen LogP contribution in [0.15, 0.2) is 100 Å². The Morgan fingerprint density at radius 1 is 1.02 bits per heavy atom. The van der Waals surface area contributed by atoms with Crippen LogP contribution in [-0.2, 0) is 13.0 Å². The third-order valence-electron chi connectivity index (χ3n) is 7.96. The summed E-state index contributed by atoms with van der Waals surface area (Å²) < 4.78 is 30.3. The molecule has 1 aliphatic carbocycles. The van der Waals surface area contributed by atoms with Crippen molar-refractivity contribution < 1.29 is 13.9 Å². The second-order valence-corrected chi connectivity index (χ2v) is 14.0. The Balaban J connectivity index is 1.39. The fraction of sp³-hybridized carbons (Fsp3) is 0.143. The van der Waals surface area contributed by atoms with E-state index in [0.29, 0.717) is 20.6 Å². The molecule has 220 valence electrons. The minimum Gasteiger partial charge on any atom is -0.497 e.